The first kappa shape index (κ1) is 19.4. The van der Waals surface area contributed by atoms with Gasteiger partial charge >= 0.3 is 0 Å². The number of hydrogen-bond donors (Lipinski definition) is 0. The fourth-order valence-corrected chi connectivity index (χ4v) is 4.00. The Morgan fingerprint density at radius 2 is 1.72 bits per heavy atom. The molecule has 4 rings (SSSR count). The lowest BCUT2D eigenvalue weighted by atomic mass is 10.0. The second-order valence-corrected chi connectivity index (χ2v) is 7.35. The topological polar surface area (TPSA) is 34.6 Å². The van der Waals surface area contributed by atoms with Gasteiger partial charge in [-0.05, 0) is 79.9 Å². The van der Waals surface area contributed by atoms with Crippen molar-refractivity contribution in [3.05, 3.63) is 83.9 Å². The summed E-state index contributed by atoms with van der Waals surface area (Å²) in [6.45, 7) is 3.29. The van der Waals surface area contributed by atoms with Crippen LogP contribution >= 0.6 is 0 Å². The lowest BCUT2D eigenvalue weighted by Crippen LogP contribution is -2.26. The molecule has 1 aliphatic rings. The van der Waals surface area contributed by atoms with Crippen LogP contribution in [-0.2, 0) is 0 Å². The first-order chi connectivity index (χ1) is 14.1. The van der Waals surface area contributed by atoms with Crippen LogP contribution in [0.4, 0.5) is 4.39 Å². The van der Waals surface area contributed by atoms with E-state index in [4.69, 9.17) is 9.47 Å². The Morgan fingerprint density at radius 3 is 2.45 bits per heavy atom. The second kappa shape index (κ2) is 8.62. The van der Waals surface area contributed by atoms with Crippen LogP contribution in [0.15, 0.2) is 67.0 Å². The maximum Gasteiger partial charge on any atom is 0.146 e. The predicted molar refractivity (Wildman–Crippen MR) is 111 cm³/mol. The van der Waals surface area contributed by atoms with E-state index < -0.39 is 0 Å². The minimum atomic E-state index is -0.279. The van der Waals surface area contributed by atoms with Crippen molar-refractivity contribution in [3.63, 3.8) is 0 Å². The number of pyridine rings is 1. The fraction of sp³-hybridized carbons (Fsp3) is 0.292. The molecular formula is C24H25FN2O2. The Balaban J connectivity index is 1.52. The Morgan fingerprint density at radius 1 is 1.00 bits per heavy atom. The van der Waals surface area contributed by atoms with E-state index in [0.29, 0.717) is 11.5 Å². The molecular weight excluding hydrogens is 367 g/mol. The zero-order valence-corrected chi connectivity index (χ0v) is 16.7. The summed E-state index contributed by atoms with van der Waals surface area (Å²) in [6.07, 6.45) is 5.84. The lowest BCUT2D eigenvalue weighted by Gasteiger charge is -2.31. The van der Waals surface area contributed by atoms with E-state index in [1.54, 1.807) is 25.4 Å². The maximum absolute atomic E-state index is 13.1. The number of likely N-dealkylation sites (tertiary alicyclic amines) is 1. The molecule has 4 nitrogen and oxygen atoms in total. The summed E-state index contributed by atoms with van der Waals surface area (Å²) in [5, 5.41) is 0. The van der Waals surface area contributed by atoms with E-state index in [9.17, 15) is 4.39 Å². The quantitative estimate of drug-likeness (QED) is 0.521. The van der Waals surface area contributed by atoms with Crippen molar-refractivity contribution in [1.82, 2.24) is 9.88 Å². The summed E-state index contributed by atoms with van der Waals surface area (Å²) in [5.41, 5.74) is 2.41. The molecule has 0 spiro atoms. The summed E-state index contributed by atoms with van der Waals surface area (Å²) < 4.78 is 24.3. The van der Waals surface area contributed by atoms with Crippen LogP contribution in [0.1, 0.15) is 43.0 Å². The minimum Gasteiger partial charge on any atom is -0.497 e. The minimum absolute atomic E-state index is 0.279. The highest BCUT2D eigenvalue weighted by atomic mass is 19.1. The first-order valence-electron chi connectivity index (χ1n) is 9.92. The molecule has 2 atom stereocenters. The van der Waals surface area contributed by atoms with Gasteiger partial charge in [0, 0.05) is 18.3 Å². The Kier molecular flexibility index (Phi) is 5.76. The molecule has 2 heterocycles. The number of nitrogens with zero attached hydrogens (tertiary/aromatic N) is 2. The van der Waals surface area contributed by atoms with E-state index in [0.717, 1.165) is 30.7 Å². The van der Waals surface area contributed by atoms with Crippen LogP contribution in [0.5, 0.6) is 17.2 Å². The van der Waals surface area contributed by atoms with Crippen molar-refractivity contribution >= 4 is 0 Å². The first-order valence-corrected chi connectivity index (χ1v) is 9.92. The van der Waals surface area contributed by atoms with E-state index in [1.165, 1.54) is 17.7 Å². The SMILES string of the molecule is COc1ccc([C@@H](C)N2CCC[C@H]2c2cncc(Oc3ccc(F)cc3)c2)cc1. The van der Waals surface area contributed by atoms with E-state index in [-0.39, 0.29) is 17.9 Å². The third-order valence-corrected chi connectivity index (χ3v) is 5.56. The van der Waals surface area contributed by atoms with Gasteiger partial charge in [-0.2, -0.15) is 0 Å². The Labute approximate surface area is 170 Å². The predicted octanol–water partition coefficient (Wildman–Crippen LogP) is 5.92. The number of ether oxygens (including phenoxy) is 2. The molecule has 1 aromatic heterocycles. The molecule has 1 aliphatic heterocycles. The van der Waals surface area contributed by atoms with Gasteiger partial charge in [0.15, 0.2) is 0 Å². The lowest BCUT2D eigenvalue weighted by molar-refractivity contribution is 0.193. The zero-order valence-electron chi connectivity index (χ0n) is 16.7. The fourth-order valence-electron chi connectivity index (χ4n) is 4.00. The van der Waals surface area contributed by atoms with Gasteiger partial charge in [-0.3, -0.25) is 9.88 Å². The Hall–Kier alpha value is -2.92. The van der Waals surface area contributed by atoms with Crippen molar-refractivity contribution in [2.45, 2.75) is 31.8 Å². The molecule has 0 amide bonds. The smallest absolute Gasteiger partial charge is 0.146 e. The van der Waals surface area contributed by atoms with Crippen LogP contribution < -0.4 is 9.47 Å². The largest absolute Gasteiger partial charge is 0.497 e. The maximum atomic E-state index is 13.1. The van der Waals surface area contributed by atoms with Gasteiger partial charge in [0.05, 0.1) is 13.3 Å². The molecule has 5 heteroatoms. The molecule has 0 bridgehead atoms. The molecule has 150 valence electrons. The van der Waals surface area contributed by atoms with Crippen molar-refractivity contribution < 1.29 is 13.9 Å². The number of hydrogen-bond acceptors (Lipinski definition) is 4. The van der Waals surface area contributed by atoms with Crippen LogP contribution in [0.25, 0.3) is 0 Å². The van der Waals surface area contributed by atoms with Crippen molar-refractivity contribution in [2.75, 3.05) is 13.7 Å². The summed E-state index contributed by atoms with van der Waals surface area (Å²) >= 11 is 0. The molecule has 0 aliphatic carbocycles. The molecule has 3 aromatic rings. The molecule has 0 unspecified atom stereocenters. The average Bonchev–Trinajstić information content (AvgIpc) is 3.25. The molecule has 2 aromatic carbocycles. The molecule has 29 heavy (non-hydrogen) atoms. The van der Waals surface area contributed by atoms with Gasteiger partial charge in [-0.15, -0.1) is 0 Å². The van der Waals surface area contributed by atoms with Gasteiger partial charge in [-0.25, -0.2) is 4.39 Å². The van der Waals surface area contributed by atoms with Gasteiger partial charge < -0.3 is 9.47 Å². The van der Waals surface area contributed by atoms with Crippen molar-refractivity contribution in [2.24, 2.45) is 0 Å². The van der Waals surface area contributed by atoms with Crippen molar-refractivity contribution in [1.29, 1.82) is 0 Å². The number of halogens is 1. The molecule has 0 radical (unpaired) electrons. The average molecular weight is 392 g/mol. The third-order valence-electron chi connectivity index (χ3n) is 5.56. The third kappa shape index (κ3) is 4.40. The molecule has 1 saturated heterocycles. The molecule has 1 fully saturated rings. The Bertz CT molecular complexity index is 944. The monoisotopic (exact) mass is 392 g/mol. The normalized spacial score (nSPS) is 17.8. The van der Waals surface area contributed by atoms with Gasteiger partial charge in [0.2, 0.25) is 0 Å². The van der Waals surface area contributed by atoms with Gasteiger partial charge in [0.1, 0.15) is 23.1 Å². The van der Waals surface area contributed by atoms with E-state index in [2.05, 4.69) is 28.9 Å². The van der Waals surface area contributed by atoms with E-state index >= 15 is 0 Å². The standard InChI is InChI=1S/C24H25FN2O2/c1-17(18-5-9-21(28-2)10-6-18)27-13-3-4-24(27)19-14-23(16-26-15-19)29-22-11-7-20(25)8-12-22/h5-12,14-17,24H,3-4,13H2,1-2H3/t17-,24+/m1/s1. The van der Waals surface area contributed by atoms with Crippen molar-refractivity contribution in [3.8, 4) is 17.2 Å². The number of rotatable bonds is 6. The van der Waals surface area contributed by atoms with Crippen LogP contribution in [0.3, 0.4) is 0 Å². The highest BCUT2D eigenvalue weighted by Crippen LogP contribution is 2.39. The summed E-state index contributed by atoms with van der Waals surface area (Å²) in [4.78, 5) is 6.90. The highest BCUT2D eigenvalue weighted by molar-refractivity contribution is 5.34. The number of aromatic nitrogens is 1. The zero-order chi connectivity index (χ0) is 20.2. The van der Waals surface area contributed by atoms with E-state index in [1.807, 2.05) is 24.4 Å². The van der Waals surface area contributed by atoms with Crippen LogP contribution in [-0.4, -0.2) is 23.5 Å². The highest BCUT2D eigenvalue weighted by Gasteiger charge is 2.30. The number of benzene rings is 2. The van der Waals surface area contributed by atoms with Crippen LogP contribution in [0, 0.1) is 5.82 Å². The summed E-state index contributed by atoms with van der Waals surface area (Å²) in [7, 11) is 1.68. The second-order valence-electron chi connectivity index (χ2n) is 7.35. The van der Waals surface area contributed by atoms with Gasteiger partial charge in [-0.1, -0.05) is 12.1 Å². The summed E-state index contributed by atoms with van der Waals surface area (Å²) in [5.74, 6) is 1.85. The van der Waals surface area contributed by atoms with Crippen LogP contribution in [0.2, 0.25) is 0 Å². The summed E-state index contributed by atoms with van der Waals surface area (Å²) in [6, 6.07) is 16.9. The molecule has 0 N–H and O–H groups in total. The number of methoxy groups -OCH3 is 1. The van der Waals surface area contributed by atoms with Gasteiger partial charge in [0.25, 0.3) is 0 Å². The molecule has 0 saturated carbocycles.